The molecule has 0 aromatic carbocycles. The summed E-state index contributed by atoms with van der Waals surface area (Å²) in [4.78, 5) is 26.8. The van der Waals surface area contributed by atoms with Gasteiger partial charge < -0.3 is 5.11 Å². The van der Waals surface area contributed by atoms with E-state index in [4.69, 9.17) is 5.11 Å². The quantitative estimate of drug-likeness (QED) is 0.812. The predicted octanol–water partition coefficient (Wildman–Crippen LogP) is 2.16. The first kappa shape index (κ1) is 11.8. The zero-order valence-corrected chi connectivity index (χ0v) is 9.50. The molecule has 0 atom stereocenters. The standard InChI is InChI=1S/C13H15NO3/c15-12(11-2-1-7-14-8-11)9-3-5-10(6-4-9)13(16)17/h1-2,7-10H,3-6H2,(H,16,17). The molecule has 0 radical (unpaired) electrons. The second-order valence-corrected chi connectivity index (χ2v) is 4.49. The van der Waals surface area contributed by atoms with Gasteiger partial charge >= 0.3 is 5.97 Å². The molecular weight excluding hydrogens is 218 g/mol. The van der Waals surface area contributed by atoms with Crippen LogP contribution in [0.5, 0.6) is 0 Å². The molecule has 0 spiro atoms. The van der Waals surface area contributed by atoms with Crippen molar-refractivity contribution < 1.29 is 14.7 Å². The molecule has 1 heterocycles. The Morgan fingerprint density at radius 1 is 1.18 bits per heavy atom. The summed E-state index contributed by atoms with van der Waals surface area (Å²) >= 11 is 0. The van der Waals surface area contributed by atoms with Crippen LogP contribution in [0.1, 0.15) is 36.0 Å². The van der Waals surface area contributed by atoms with Crippen LogP contribution in [0.3, 0.4) is 0 Å². The lowest BCUT2D eigenvalue weighted by atomic mass is 9.79. The van der Waals surface area contributed by atoms with Gasteiger partial charge in [-0.2, -0.15) is 0 Å². The summed E-state index contributed by atoms with van der Waals surface area (Å²) in [6.45, 7) is 0. The van der Waals surface area contributed by atoms with Gasteiger partial charge in [0.1, 0.15) is 0 Å². The number of Topliss-reactive ketones (excluding diaryl/α,β-unsaturated/α-hetero) is 1. The highest BCUT2D eigenvalue weighted by Crippen LogP contribution is 2.30. The van der Waals surface area contributed by atoms with Gasteiger partial charge in [0.05, 0.1) is 5.92 Å². The van der Waals surface area contributed by atoms with E-state index < -0.39 is 5.97 Å². The third-order valence-corrected chi connectivity index (χ3v) is 3.39. The van der Waals surface area contributed by atoms with E-state index in [1.54, 1.807) is 24.5 Å². The average molecular weight is 233 g/mol. The van der Waals surface area contributed by atoms with Gasteiger partial charge in [-0.25, -0.2) is 0 Å². The number of hydrogen-bond acceptors (Lipinski definition) is 3. The molecule has 2 rings (SSSR count). The van der Waals surface area contributed by atoms with Crippen LogP contribution in [-0.4, -0.2) is 21.8 Å². The van der Waals surface area contributed by atoms with Crippen molar-refractivity contribution in [2.75, 3.05) is 0 Å². The lowest BCUT2D eigenvalue weighted by Gasteiger charge is -2.24. The van der Waals surface area contributed by atoms with Gasteiger partial charge in [0, 0.05) is 23.9 Å². The fourth-order valence-electron chi connectivity index (χ4n) is 2.35. The Balaban J connectivity index is 1.98. The first-order chi connectivity index (χ1) is 8.18. The van der Waals surface area contributed by atoms with Crippen molar-refractivity contribution >= 4 is 11.8 Å². The highest BCUT2D eigenvalue weighted by Gasteiger charge is 2.30. The number of pyridine rings is 1. The fraction of sp³-hybridized carbons (Fsp3) is 0.462. The minimum Gasteiger partial charge on any atom is -0.481 e. The SMILES string of the molecule is O=C(O)C1CCC(C(=O)c2cccnc2)CC1. The summed E-state index contributed by atoms with van der Waals surface area (Å²) in [6, 6.07) is 3.51. The van der Waals surface area contributed by atoms with Crippen molar-refractivity contribution in [1.82, 2.24) is 4.98 Å². The van der Waals surface area contributed by atoms with Gasteiger partial charge in [-0.1, -0.05) is 0 Å². The van der Waals surface area contributed by atoms with Crippen molar-refractivity contribution in [3.05, 3.63) is 30.1 Å². The van der Waals surface area contributed by atoms with E-state index in [1.807, 2.05) is 0 Å². The smallest absolute Gasteiger partial charge is 0.306 e. The zero-order chi connectivity index (χ0) is 12.3. The topological polar surface area (TPSA) is 67.3 Å². The molecule has 1 aromatic heterocycles. The van der Waals surface area contributed by atoms with Crippen LogP contribution in [-0.2, 0) is 4.79 Å². The normalized spacial score (nSPS) is 24.2. The average Bonchev–Trinajstić information content (AvgIpc) is 2.39. The number of carboxylic acids is 1. The van der Waals surface area contributed by atoms with Crippen LogP contribution in [0.25, 0.3) is 0 Å². The number of nitrogens with zero attached hydrogens (tertiary/aromatic N) is 1. The molecule has 0 amide bonds. The number of ketones is 1. The molecule has 17 heavy (non-hydrogen) atoms. The molecular formula is C13H15NO3. The summed E-state index contributed by atoms with van der Waals surface area (Å²) < 4.78 is 0. The number of aromatic nitrogens is 1. The van der Waals surface area contributed by atoms with Crippen LogP contribution in [0, 0.1) is 11.8 Å². The van der Waals surface area contributed by atoms with Crippen molar-refractivity contribution in [3.8, 4) is 0 Å². The molecule has 90 valence electrons. The summed E-state index contributed by atoms with van der Waals surface area (Å²) in [7, 11) is 0. The third kappa shape index (κ3) is 2.70. The van der Waals surface area contributed by atoms with Crippen LogP contribution in [0.4, 0.5) is 0 Å². The lowest BCUT2D eigenvalue weighted by molar-refractivity contribution is -0.143. The minimum atomic E-state index is -0.739. The van der Waals surface area contributed by atoms with E-state index in [2.05, 4.69) is 4.98 Å². The highest BCUT2D eigenvalue weighted by molar-refractivity contribution is 5.97. The summed E-state index contributed by atoms with van der Waals surface area (Å²) in [6.07, 6.45) is 5.76. The Hall–Kier alpha value is -1.71. The Labute approximate surface area is 99.7 Å². The van der Waals surface area contributed by atoms with E-state index in [0.717, 1.165) is 0 Å². The van der Waals surface area contributed by atoms with Crippen LogP contribution >= 0.6 is 0 Å². The van der Waals surface area contributed by atoms with Crippen LogP contribution < -0.4 is 0 Å². The summed E-state index contributed by atoms with van der Waals surface area (Å²) in [5, 5.41) is 8.89. The van der Waals surface area contributed by atoms with Crippen LogP contribution in [0.2, 0.25) is 0 Å². The summed E-state index contributed by atoms with van der Waals surface area (Å²) in [5.74, 6) is -0.943. The Morgan fingerprint density at radius 2 is 1.82 bits per heavy atom. The number of carboxylic acid groups (broad SMARTS) is 1. The second-order valence-electron chi connectivity index (χ2n) is 4.49. The molecule has 0 bridgehead atoms. The van der Waals surface area contributed by atoms with E-state index >= 15 is 0 Å². The van der Waals surface area contributed by atoms with Crippen molar-refractivity contribution in [2.24, 2.45) is 11.8 Å². The van der Waals surface area contributed by atoms with Crippen molar-refractivity contribution in [2.45, 2.75) is 25.7 Å². The largest absolute Gasteiger partial charge is 0.481 e. The first-order valence-electron chi connectivity index (χ1n) is 5.85. The number of carbonyl (C=O) groups excluding carboxylic acids is 1. The predicted molar refractivity (Wildman–Crippen MR) is 61.7 cm³/mol. The van der Waals surface area contributed by atoms with Crippen molar-refractivity contribution in [3.63, 3.8) is 0 Å². The molecule has 1 aliphatic rings. The third-order valence-electron chi connectivity index (χ3n) is 3.39. The first-order valence-corrected chi connectivity index (χ1v) is 5.85. The number of rotatable bonds is 3. The van der Waals surface area contributed by atoms with Gasteiger partial charge in [0.2, 0.25) is 0 Å². The Morgan fingerprint density at radius 3 is 2.35 bits per heavy atom. The number of carbonyl (C=O) groups is 2. The minimum absolute atomic E-state index is 0.0326. The van der Waals surface area contributed by atoms with Crippen LogP contribution in [0.15, 0.2) is 24.5 Å². The molecule has 1 N–H and O–H groups in total. The Bertz CT molecular complexity index is 408. The fourth-order valence-corrected chi connectivity index (χ4v) is 2.35. The number of aliphatic carboxylic acids is 1. The van der Waals surface area contributed by atoms with Gasteiger partial charge in [0.25, 0.3) is 0 Å². The zero-order valence-electron chi connectivity index (χ0n) is 9.50. The van der Waals surface area contributed by atoms with Gasteiger partial charge in [-0.05, 0) is 37.8 Å². The molecule has 1 saturated carbocycles. The van der Waals surface area contributed by atoms with Crippen molar-refractivity contribution in [1.29, 1.82) is 0 Å². The van der Waals surface area contributed by atoms with E-state index in [1.165, 1.54) is 0 Å². The van der Waals surface area contributed by atoms with Gasteiger partial charge in [-0.15, -0.1) is 0 Å². The van der Waals surface area contributed by atoms with E-state index in [-0.39, 0.29) is 17.6 Å². The molecule has 0 unspecified atom stereocenters. The Kier molecular flexibility index (Phi) is 3.52. The van der Waals surface area contributed by atoms with Gasteiger partial charge in [-0.3, -0.25) is 14.6 Å². The van der Waals surface area contributed by atoms with E-state index in [0.29, 0.717) is 31.2 Å². The summed E-state index contributed by atoms with van der Waals surface area (Å²) in [5.41, 5.74) is 0.631. The van der Waals surface area contributed by atoms with Gasteiger partial charge in [0.15, 0.2) is 5.78 Å². The molecule has 1 aliphatic carbocycles. The maximum atomic E-state index is 12.1. The molecule has 0 aliphatic heterocycles. The maximum absolute atomic E-state index is 12.1. The monoisotopic (exact) mass is 233 g/mol. The highest BCUT2D eigenvalue weighted by atomic mass is 16.4. The molecule has 1 aromatic rings. The molecule has 1 fully saturated rings. The number of hydrogen-bond donors (Lipinski definition) is 1. The molecule has 4 nitrogen and oxygen atoms in total. The van der Waals surface area contributed by atoms with E-state index in [9.17, 15) is 9.59 Å². The lowest BCUT2D eigenvalue weighted by Crippen LogP contribution is -2.25. The maximum Gasteiger partial charge on any atom is 0.306 e. The molecule has 4 heteroatoms. The second kappa shape index (κ2) is 5.08. The molecule has 0 saturated heterocycles.